The number of carbonyl (C=O) groups excluding carboxylic acids is 1. The maximum absolute atomic E-state index is 12.4. The number of anilines is 1. The quantitative estimate of drug-likeness (QED) is 0.704. The topological polar surface area (TPSA) is 72.1 Å². The summed E-state index contributed by atoms with van der Waals surface area (Å²) in [7, 11) is 0. The number of aromatic nitrogens is 5. The van der Waals surface area contributed by atoms with E-state index in [0.717, 1.165) is 24.7 Å². The molecule has 0 radical (unpaired) electrons. The number of piperazine rings is 1. The van der Waals surface area contributed by atoms with Crippen LogP contribution in [0.15, 0.2) is 49.1 Å². The Morgan fingerprint density at radius 2 is 1.73 bits per heavy atom. The zero-order valence-electron chi connectivity index (χ0n) is 14.7. The first kappa shape index (κ1) is 16.3. The van der Waals surface area contributed by atoms with E-state index in [1.807, 2.05) is 59.2 Å². The lowest BCUT2D eigenvalue weighted by atomic mass is 10.3. The van der Waals surface area contributed by atoms with Crippen LogP contribution in [0, 0.1) is 6.92 Å². The van der Waals surface area contributed by atoms with Crippen LogP contribution in [-0.4, -0.2) is 61.3 Å². The van der Waals surface area contributed by atoms with Gasteiger partial charge in [-0.2, -0.15) is 5.10 Å². The van der Waals surface area contributed by atoms with E-state index >= 15 is 0 Å². The first-order valence-electron chi connectivity index (χ1n) is 8.68. The maximum atomic E-state index is 12.4. The average Bonchev–Trinajstić information content (AvgIpc) is 3.35. The summed E-state index contributed by atoms with van der Waals surface area (Å²) >= 11 is 0. The second kappa shape index (κ2) is 6.99. The lowest BCUT2D eigenvalue weighted by molar-refractivity contribution is -0.132. The van der Waals surface area contributed by atoms with Crippen molar-refractivity contribution in [2.24, 2.45) is 0 Å². The Labute approximate surface area is 151 Å². The lowest BCUT2D eigenvalue weighted by Gasteiger charge is -2.35. The molecule has 0 spiro atoms. The average molecular weight is 351 g/mol. The smallest absolute Gasteiger partial charge is 0.242 e. The van der Waals surface area contributed by atoms with Crippen molar-refractivity contribution < 1.29 is 4.79 Å². The largest absolute Gasteiger partial charge is 0.353 e. The highest BCUT2D eigenvalue weighted by molar-refractivity contribution is 5.76. The fourth-order valence-corrected chi connectivity index (χ4v) is 3.14. The molecule has 8 nitrogen and oxygen atoms in total. The van der Waals surface area contributed by atoms with E-state index in [2.05, 4.69) is 20.0 Å². The highest BCUT2D eigenvalue weighted by Crippen LogP contribution is 2.17. The summed E-state index contributed by atoms with van der Waals surface area (Å²) in [6.07, 6.45) is 7.42. The van der Waals surface area contributed by atoms with Gasteiger partial charge in [0.1, 0.15) is 18.2 Å². The number of carbonyl (C=O) groups is 1. The standard InChI is InChI=1S/C18H21N7O/c1-15-20-16(13-17(21-15)25-8-4-5-19-25)23-9-11-24(12-10-23)18(26)14-22-6-2-3-7-22/h2-8,13H,9-12,14H2,1H3. The molecule has 1 amide bonds. The van der Waals surface area contributed by atoms with Gasteiger partial charge in [0.2, 0.25) is 5.91 Å². The SMILES string of the molecule is Cc1nc(N2CCN(C(=O)Cn3cccc3)CC2)cc(-n2cccn2)n1. The number of nitrogens with zero attached hydrogens (tertiary/aromatic N) is 7. The molecule has 0 aliphatic carbocycles. The Kier molecular flexibility index (Phi) is 4.39. The highest BCUT2D eigenvalue weighted by Gasteiger charge is 2.22. The first-order valence-corrected chi connectivity index (χ1v) is 8.68. The summed E-state index contributed by atoms with van der Waals surface area (Å²) in [6.45, 7) is 5.18. The first-order chi connectivity index (χ1) is 12.7. The van der Waals surface area contributed by atoms with Gasteiger partial charge in [-0.15, -0.1) is 0 Å². The third-order valence-electron chi connectivity index (χ3n) is 4.49. The van der Waals surface area contributed by atoms with Gasteiger partial charge >= 0.3 is 0 Å². The van der Waals surface area contributed by atoms with Crippen molar-refractivity contribution in [3.8, 4) is 5.82 Å². The van der Waals surface area contributed by atoms with Crippen LogP contribution in [0.3, 0.4) is 0 Å². The number of amides is 1. The minimum Gasteiger partial charge on any atom is -0.353 e. The molecular weight excluding hydrogens is 330 g/mol. The van der Waals surface area contributed by atoms with Gasteiger partial charge in [-0.3, -0.25) is 4.79 Å². The van der Waals surface area contributed by atoms with Gasteiger partial charge in [0.25, 0.3) is 0 Å². The van der Waals surface area contributed by atoms with Crippen molar-refractivity contribution in [2.75, 3.05) is 31.1 Å². The molecule has 4 rings (SSSR count). The minimum absolute atomic E-state index is 0.150. The Bertz CT molecular complexity index is 865. The van der Waals surface area contributed by atoms with E-state index in [-0.39, 0.29) is 5.91 Å². The predicted octanol–water partition coefficient (Wildman–Crippen LogP) is 1.12. The highest BCUT2D eigenvalue weighted by atomic mass is 16.2. The summed E-state index contributed by atoms with van der Waals surface area (Å²) in [5.41, 5.74) is 0. The second-order valence-electron chi connectivity index (χ2n) is 6.31. The fraction of sp³-hybridized carbons (Fsp3) is 0.333. The van der Waals surface area contributed by atoms with E-state index in [0.29, 0.717) is 25.5 Å². The molecule has 134 valence electrons. The summed E-state index contributed by atoms with van der Waals surface area (Å²) in [5.74, 6) is 2.49. The van der Waals surface area contributed by atoms with Gasteiger partial charge in [-0.1, -0.05) is 0 Å². The zero-order chi connectivity index (χ0) is 17.9. The summed E-state index contributed by atoms with van der Waals surface area (Å²) in [6, 6.07) is 7.67. The van der Waals surface area contributed by atoms with Crippen LogP contribution in [0.2, 0.25) is 0 Å². The van der Waals surface area contributed by atoms with Gasteiger partial charge in [0.15, 0.2) is 5.82 Å². The van der Waals surface area contributed by atoms with Crippen LogP contribution in [0.5, 0.6) is 0 Å². The molecule has 0 bridgehead atoms. The molecule has 1 aliphatic heterocycles. The molecule has 3 aromatic rings. The van der Waals surface area contributed by atoms with Crippen molar-refractivity contribution in [2.45, 2.75) is 13.5 Å². The molecule has 0 saturated carbocycles. The van der Waals surface area contributed by atoms with Crippen molar-refractivity contribution >= 4 is 11.7 Å². The minimum atomic E-state index is 0.150. The Balaban J connectivity index is 1.42. The third-order valence-corrected chi connectivity index (χ3v) is 4.49. The van der Waals surface area contributed by atoms with Crippen molar-refractivity contribution in [3.63, 3.8) is 0 Å². The summed E-state index contributed by atoms with van der Waals surface area (Å²) in [5, 5.41) is 4.24. The van der Waals surface area contributed by atoms with E-state index < -0.39 is 0 Å². The lowest BCUT2D eigenvalue weighted by Crippen LogP contribution is -2.49. The van der Waals surface area contributed by atoms with Crippen LogP contribution in [-0.2, 0) is 11.3 Å². The van der Waals surface area contributed by atoms with Gasteiger partial charge in [0, 0.05) is 57.0 Å². The van der Waals surface area contributed by atoms with Gasteiger partial charge < -0.3 is 14.4 Å². The molecule has 26 heavy (non-hydrogen) atoms. The van der Waals surface area contributed by atoms with Crippen LogP contribution in [0.25, 0.3) is 5.82 Å². The third kappa shape index (κ3) is 3.44. The molecular formula is C18H21N7O. The predicted molar refractivity (Wildman–Crippen MR) is 97.1 cm³/mol. The van der Waals surface area contributed by atoms with E-state index in [1.165, 1.54) is 0 Å². The number of rotatable bonds is 4. The fourth-order valence-electron chi connectivity index (χ4n) is 3.14. The summed E-state index contributed by atoms with van der Waals surface area (Å²) in [4.78, 5) is 25.5. The van der Waals surface area contributed by atoms with Crippen LogP contribution in [0.1, 0.15) is 5.82 Å². The van der Waals surface area contributed by atoms with Crippen LogP contribution < -0.4 is 4.90 Å². The van der Waals surface area contributed by atoms with Gasteiger partial charge in [0.05, 0.1) is 0 Å². The zero-order valence-corrected chi connectivity index (χ0v) is 14.7. The number of hydrogen-bond donors (Lipinski definition) is 0. The molecule has 1 saturated heterocycles. The van der Waals surface area contributed by atoms with Crippen LogP contribution >= 0.6 is 0 Å². The van der Waals surface area contributed by atoms with Gasteiger partial charge in [-0.25, -0.2) is 14.6 Å². The molecule has 1 fully saturated rings. The maximum Gasteiger partial charge on any atom is 0.242 e. The summed E-state index contributed by atoms with van der Waals surface area (Å²) < 4.78 is 3.63. The Morgan fingerprint density at radius 3 is 2.42 bits per heavy atom. The monoisotopic (exact) mass is 351 g/mol. The molecule has 0 aromatic carbocycles. The number of aryl methyl sites for hydroxylation is 1. The van der Waals surface area contributed by atoms with Crippen molar-refractivity contribution in [1.29, 1.82) is 0 Å². The van der Waals surface area contributed by atoms with Crippen molar-refractivity contribution in [3.05, 3.63) is 54.9 Å². The second-order valence-corrected chi connectivity index (χ2v) is 6.31. The molecule has 1 aliphatic rings. The van der Waals surface area contributed by atoms with Crippen molar-refractivity contribution in [1.82, 2.24) is 29.2 Å². The molecule has 8 heteroatoms. The normalized spacial score (nSPS) is 14.7. The van der Waals surface area contributed by atoms with Gasteiger partial charge in [-0.05, 0) is 25.1 Å². The Hall–Kier alpha value is -3.16. The molecule has 0 N–H and O–H groups in total. The molecule has 0 unspecified atom stereocenters. The molecule has 0 atom stereocenters. The van der Waals surface area contributed by atoms with E-state index in [4.69, 9.17) is 0 Å². The molecule has 4 heterocycles. The van der Waals surface area contributed by atoms with E-state index in [1.54, 1.807) is 10.9 Å². The molecule has 3 aromatic heterocycles. The number of hydrogen-bond acceptors (Lipinski definition) is 5. The van der Waals surface area contributed by atoms with Crippen LogP contribution in [0.4, 0.5) is 5.82 Å². The van der Waals surface area contributed by atoms with E-state index in [9.17, 15) is 4.79 Å². The Morgan fingerprint density at radius 1 is 1.00 bits per heavy atom.